The van der Waals surface area contributed by atoms with Crippen molar-refractivity contribution in [1.82, 2.24) is 20.5 Å². The first kappa shape index (κ1) is 16.8. The van der Waals surface area contributed by atoms with Crippen LogP contribution in [0, 0.1) is 6.92 Å². The molecule has 2 aromatic heterocycles. The fourth-order valence-electron chi connectivity index (χ4n) is 2.77. The lowest BCUT2D eigenvalue weighted by Crippen LogP contribution is -2.31. The van der Waals surface area contributed by atoms with Gasteiger partial charge >= 0.3 is 6.03 Å². The minimum Gasteiger partial charge on any atom is -0.368 e. The average molecular weight is 338 g/mol. The van der Waals surface area contributed by atoms with Crippen LogP contribution in [-0.2, 0) is 0 Å². The van der Waals surface area contributed by atoms with E-state index in [1.54, 1.807) is 6.07 Å². The highest BCUT2D eigenvalue weighted by Gasteiger charge is 2.13. The minimum absolute atomic E-state index is 0.0986. The molecule has 0 aliphatic heterocycles. The van der Waals surface area contributed by atoms with Crippen molar-refractivity contribution in [2.24, 2.45) is 0 Å². The fourth-order valence-corrected chi connectivity index (χ4v) is 2.77. The van der Waals surface area contributed by atoms with Gasteiger partial charge in [0.2, 0.25) is 0 Å². The number of aryl methyl sites for hydroxylation is 1. The smallest absolute Gasteiger partial charge is 0.320 e. The number of benzene rings is 1. The molecule has 0 aliphatic rings. The SMILES string of the molecule is CCNc1n[nH]c2cc(NC(=O)NC(C)c3ccccc3)nc(C)c12. The lowest BCUT2D eigenvalue weighted by atomic mass is 10.1. The standard InChI is InChI=1S/C18H22N6O/c1-4-19-17-16-12(3)20-15(10-14(16)23-24-17)22-18(25)21-11(2)13-8-6-5-7-9-13/h5-11H,4H2,1-3H3,(H2,19,23,24)(H2,20,21,22,25). The number of carbonyl (C=O) groups excluding carboxylic acids is 1. The van der Waals surface area contributed by atoms with E-state index in [1.807, 2.05) is 51.1 Å². The maximum atomic E-state index is 12.3. The van der Waals surface area contributed by atoms with Crippen molar-refractivity contribution in [3.63, 3.8) is 0 Å². The Morgan fingerprint density at radius 1 is 1.28 bits per heavy atom. The van der Waals surface area contributed by atoms with Gasteiger partial charge in [0, 0.05) is 12.6 Å². The van der Waals surface area contributed by atoms with Gasteiger partial charge in [-0.25, -0.2) is 9.78 Å². The molecule has 0 aliphatic carbocycles. The fraction of sp³-hybridized carbons (Fsp3) is 0.278. The number of anilines is 2. The predicted octanol–water partition coefficient (Wildman–Crippen LogP) is 3.58. The zero-order chi connectivity index (χ0) is 17.8. The number of nitrogens with zero attached hydrogens (tertiary/aromatic N) is 2. The number of hydrogen-bond acceptors (Lipinski definition) is 4. The summed E-state index contributed by atoms with van der Waals surface area (Å²) in [5.41, 5.74) is 2.67. The molecule has 2 amide bonds. The Balaban J connectivity index is 1.73. The molecule has 0 spiro atoms. The number of fused-ring (bicyclic) bond motifs is 1. The molecule has 1 atom stereocenters. The van der Waals surface area contributed by atoms with E-state index in [2.05, 4.69) is 31.1 Å². The Morgan fingerprint density at radius 3 is 2.76 bits per heavy atom. The number of hydrogen-bond donors (Lipinski definition) is 4. The number of aromatic nitrogens is 3. The number of nitrogens with one attached hydrogen (secondary N) is 4. The molecular formula is C18H22N6O. The van der Waals surface area contributed by atoms with Crippen LogP contribution < -0.4 is 16.0 Å². The first-order chi connectivity index (χ1) is 12.1. The van der Waals surface area contributed by atoms with Gasteiger partial charge in [-0.05, 0) is 26.3 Å². The highest BCUT2D eigenvalue weighted by Crippen LogP contribution is 2.25. The molecule has 7 heteroatoms. The third-order valence-electron chi connectivity index (χ3n) is 3.96. The van der Waals surface area contributed by atoms with Crippen molar-refractivity contribution in [3.8, 4) is 0 Å². The summed E-state index contributed by atoms with van der Waals surface area (Å²) < 4.78 is 0. The predicted molar refractivity (Wildman–Crippen MR) is 99.8 cm³/mol. The van der Waals surface area contributed by atoms with Crippen LogP contribution in [0.1, 0.15) is 31.1 Å². The molecule has 0 radical (unpaired) electrons. The van der Waals surface area contributed by atoms with Crippen molar-refractivity contribution in [2.75, 3.05) is 17.2 Å². The van der Waals surface area contributed by atoms with Gasteiger partial charge < -0.3 is 10.6 Å². The van der Waals surface area contributed by atoms with E-state index < -0.39 is 0 Å². The number of rotatable bonds is 5. The van der Waals surface area contributed by atoms with Gasteiger partial charge in [-0.3, -0.25) is 10.4 Å². The molecular weight excluding hydrogens is 316 g/mol. The molecule has 3 aromatic rings. The Hall–Kier alpha value is -3.09. The first-order valence-electron chi connectivity index (χ1n) is 8.30. The van der Waals surface area contributed by atoms with Crippen LogP contribution in [0.5, 0.6) is 0 Å². The highest BCUT2D eigenvalue weighted by molar-refractivity contribution is 5.95. The molecule has 1 aromatic carbocycles. The van der Waals surface area contributed by atoms with Gasteiger partial charge in [-0.15, -0.1) is 0 Å². The molecule has 1 unspecified atom stereocenters. The van der Waals surface area contributed by atoms with E-state index in [0.717, 1.165) is 34.5 Å². The quantitative estimate of drug-likeness (QED) is 0.572. The average Bonchev–Trinajstić information content (AvgIpc) is 2.99. The van der Waals surface area contributed by atoms with Crippen molar-refractivity contribution in [3.05, 3.63) is 47.7 Å². The molecule has 0 saturated heterocycles. The van der Waals surface area contributed by atoms with E-state index in [4.69, 9.17) is 0 Å². The Labute approximate surface area is 146 Å². The molecule has 25 heavy (non-hydrogen) atoms. The molecule has 0 fully saturated rings. The third-order valence-corrected chi connectivity index (χ3v) is 3.96. The van der Waals surface area contributed by atoms with E-state index in [9.17, 15) is 4.79 Å². The summed E-state index contributed by atoms with van der Waals surface area (Å²) in [6.07, 6.45) is 0. The van der Waals surface area contributed by atoms with Crippen LogP contribution in [0.15, 0.2) is 36.4 Å². The molecule has 4 N–H and O–H groups in total. The number of amides is 2. The van der Waals surface area contributed by atoms with Gasteiger partial charge in [0.1, 0.15) is 5.82 Å². The molecule has 130 valence electrons. The van der Waals surface area contributed by atoms with E-state index >= 15 is 0 Å². The maximum Gasteiger partial charge on any atom is 0.320 e. The van der Waals surface area contributed by atoms with Crippen molar-refractivity contribution >= 4 is 28.6 Å². The van der Waals surface area contributed by atoms with E-state index in [-0.39, 0.29) is 12.1 Å². The topological polar surface area (TPSA) is 94.7 Å². The van der Waals surface area contributed by atoms with Crippen molar-refractivity contribution in [2.45, 2.75) is 26.8 Å². The van der Waals surface area contributed by atoms with E-state index in [1.165, 1.54) is 0 Å². The van der Waals surface area contributed by atoms with Gasteiger partial charge in [0.05, 0.1) is 22.6 Å². The largest absolute Gasteiger partial charge is 0.368 e. The number of urea groups is 1. The Bertz CT molecular complexity index is 874. The molecule has 2 heterocycles. The summed E-state index contributed by atoms with van der Waals surface area (Å²) in [6.45, 7) is 6.62. The molecule has 7 nitrogen and oxygen atoms in total. The van der Waals surface area contributed by atoms with Crippen molar-refractivity contribution in [1.29, 1.82) is 0 Å². The minimum atomic E-state index is -0.297. The van der Waals surface area contributed by atoms with Gasteiger partial charge in [-0.2, -0.15) is 5.10 Å². The zero-order valence-corrected chi connectivity index (χ0v) is 14.6. The molecule has 0 saturated carbocycles. The third kappa shape index (κ3) is 3.71. The van der Waals surface area contributed by atoms with Crippen LogP contribution in [0.25, 0.3) is 10.9 Å². The molecule has 3 rings (SSSR count). The Morgan fingerprint density at radius 2 is 2.04 bits per heavy atom. The maximum absolute atomic E-state index is 12.3. The second-order valence-electron chi connectivity index (χ2n) is 5.85. The normalized spacial score (nSPS) is 12.0. The monoisotopic (exact) mass is 338 g/mol. The summed E-state index contributed by atoms with van der Waals surface area (Å²) in [6, 6.07) is 11.2. The van der Waals surface area contributed by atoms with Gasteiger partial charge in [0.25, 0.3) is 0 Å². The highest BCUT2D eigenvalue weighted by atomic mass is 16.2. The zero-order valence-electron chi connectivity index (χ0n) is 14.6. The number of pyridine rings is 1. The summed E-state index contributed by atoms with van der Waals surface area (Å²) in [5, 5.41) is 17.0. The van der Waals surface area contributed by atoms with Crippen LogP contribution in [0.3, 0.4) is 0 Å². The summed E-state index contributed by atoms with van der Waals surface area (Å²) in [5.74, 6) is 1.26. The summed E-state index contributed by atoms with van der Waals surface area (Å²) >= 11 is 0. The van der Waals surface area contributed by atoms with Gasteiger partial charge in [0.15, 0.2) is 5.82 Å². The number of H-pyrrole nitrogens is 1. The van der Waals surface area contributed by atoms with Crippen LogP contribution in [0.2, 0.25) is 0 Å². The second-order valence-corrected chi connectivity index (χ2v) is 5.85. The summed E-state index contributed by atoms with van der Waals surface area (Å²) in [7, 11) is 0. The van der Waals surface area contributed by atoms with Crippen LogP contribution in [-0.4, -0.2) is 27.8 Å². The van der Waals surface area contributed by atoms with Gasteiger partial charge in [-0.1, -0.05) is 30.3 Å². The molecule has 0 bridgehead atoms. The van der Waals surface area contributed by atoms with Crippen LogP contribution >= 0.6 is 0 Å². The number of aromatic amines is 1. The van der Waals surface area contributed by atoms with Crippen molar-refractivity contribution < 1.29 is 4.79 Å². The summed E-state index contributed by atoms with van der Waals surface area (Å²) in [4.78, 5) is 16.7. The lowest BCUT2D eigenvalue weighted by molar-refractivity contribution is 0.249. The first-order valence-corrected chi connectivity index (χ1v) is 8.30. The van der Waals surface area contributed by atoms with Crippen LogP contribution in [0.4, 0.5) is 16.4 Å². The van der Waals surface area contributed by atoms with E-state index in [0.29, 0.717) is 5.82 Å². The number of carbonyl (C=O) groups is 1. The Kier molecular flexibility index (Phi) is 4.83. The lowest BCUT2D eigenvalue weighted by Gasteiger charge is -2.15. The second kappa shape index (κ2) is 7.21.